The Kier molecular flexibility index (Phi) is 5.98. The molecule has 2 atom stereocenters. The molecule has 0 spiro atoms. The van der Waals surface area contributed by atoms with Gasteiger partial charge in [-0.25, -0.2) is 4.79 Å². The van der Waals surface area contributed by atoms with E-state index in [4.69, 9.17) is 9.84 Å². The van der Waals surface area contributed by atoms with E-state index in [1.165, 1.54) is 24.9 Å². The number of thioether (sulfide) groups is 1. The molecule has 3 N–H and O–H groups in total. The van der Waals surface area contributed by atoms with Gasteiger partial charge >= 0.3 is 5.97 Å². The molecule has 19 heavy (non-hydrogen) atoms. The maximum absolute atomic E-state index is 11.2. The first kappa shape index (κ1) is 15.7. The van der Waals surface area contributed by atoms with Crippen molar-refractivity contribution >= 4 is 23.4 Å². The quantitative estimate of drug-likeness (QED) is 0.710. The zero-order chi connectivity index (χ0) is 14.4. The third-order valence-electron chi connectivity index (χ3n) is 2.88. The van der Waals surface area contributed by atoms with Crippen molar-refractivity contribution in [2.75, 3.05) is 25.3 Å². The second kappa shape index (κ2) is 7.25. The average Bonchev–Trinajstić information content (AvgIpc) is 2.39. The number of hydrogen-bond donors (Lipinski definition) is 3. The first-order valence-corrected chi connectivity index (χ1v) is 7.13. The number of benzene rings is 1. The molecule has 0 amide bonds. The van der Waals surface area contributed by atoms with Gasteiger partial charge in [0.25, 0.3) is 0 Å². The highest BCUT2D eigenvalue weighted by Crippen LogP contribution is 2.25. The van der Waals surface area contributed by atoms with Crippen LogP contribution in [0.2, 0.25) is 0 Å². The third kappa shape index (κ3) is 4.04. The third-order valence-corrected chi connectivity index (χ3v) is 4.04. The van der Waals surface area contributed by atoms with Gasteiger partial charge < -0.3 is 20.3 Å². The minimum atomic E-state index is -0.998. The summed E-state index contributed by atoms with van der Waals surface area (Å²) in [6.45, 7) is 1.93. The largest absolute Gasteiger partial charge is 0.497 e. The number of carboxylic acid groups (broad SMARTS) is 1. The molecule has 106 valence electrons. The SMILES string of the molecule is COc1ccc(C(=O)O)c(NC(C)C(CO)SC)c1. The monoisotopic (exact) mass is 285 g/mol. The molecule has 6 heteroatoms. The lowest BCUT2D eigenvalue weighted by Crippen LogP contribution is -2.31. The van der Waals surface area contributed by atoms with Crippen LogP contribution in [0.3, 0.4) is 0 Å². The summed E-state index contributed by atoms with van der Waals surface area (Å²) < 4.78 is 5.10. The summed E-state index contributed by atoms with van der Waals surface area (Å²) in [6.07, 6.45) is 1.91. The van der Waals surface area contributed by atoms with Crippen LogP contribution in [0.4, 0.5) is 5.69 Å². The molecule has 0 heterocycles. The molecule has 2 unspecified atom stereocenters. The molecular formula is C13H19NO4S. The van der Waals surface area contributed by atoms with Crippen LogP contribution in [0.15, 0.2) is 18.2 Å². The molecule has 0 aliphatic carbocycles. The van der Waals surface area contributed by atoms with Gasteiger partial charge in [0, 0.05) is 17.4 Å². The minimum Gasteiger partial charge on any atom is -0.497 e. The van der Waals surface area contributed by atoms with E-state index in [-0.39, 0.29) is 23.5 Å². The Balaban J connectivity index is 3.00. The summed E-state index contributed by atoms with van der Waals surface area (Å²) in [6, 6.07) is 4.69. The Morgan fingerprint density at radius 3 is 2.68 bits per heavy atom. The van der Waals surface area contributed by atoms with Gasteiger partial charge in [-0.1, -0.05) is 0 Å². The molecular weight excluding hydrogens is 266 g/mol. The number of aromatic carboxylic acids is 1. The van der Waals surface area contributed by atoms with Gasteiger partial charge in [-0.05, 0) is 25.3 Å². The number of anilines is 1. The van der Waals surface area contributed by atoms with Crippen LogP contribution in [0.1, 0.15) is 17.3 Å². The van der Waals surface area contributed by atoms with Gasteiger partial charge in [0.1, 0.15) is 5.75 Å². The van der Waals surface area contributed by atoms with Gasteiger partial charge in [-0.2, -0.15) is 11.8 Å². The summed E-state index contributed by atoms with van der Waals surface area (Å²) >= 11 is 1.53. The summed E-state index contributed by atoms with van der Waals surface area (Å²) in [5, 5.41) is 21.5. The molecule has 0 saturated heterocycles. The Bertz CT molecular complexity index is 435. The normalized spacial score (nSPS) is 13.7. The fourth-order valence-electron chi connectivity index (χ4n) is 1.73. The number of carboxylic acids is 1. The number of carbonyl (C=O) groups is 1. The zero-order valence-electron chi connectivity index (χ0n) is 11.2. The molecule has 1 aromatic carbocycles. The smallest absolute Gasteiger partial charge is 0.337 e. The second-order valence-corrected chi connectivity index (χ2v) is 5.18. The van der Waals surface area contributed by atoms with Gasteiger partial charge in [0.05, 0.1) is 25.0 Å². The van der Waals surface area contributed by atoms with Gasteiger partial charge in [0.2, 0.25) is 0 Å². The van der Waals surface area contributed by atoms with E-state index < -0.39 is 5.97 Å². The molecule has 5 nitrogen and oxygen atoms in total. The van der Waals surface area contributed by atoms with Gasteiger partial charge in [-0.15, -0.1) is 0 Å². The molecule has 0 bridgehead atoms. The average molecular weight is 285 g/mol. The molecule has 0 aliphatic heterocycles. The summed E-state index contributed by atoms with van der Waals surface area (Å²) in [5.41, 5.74) is 0.678. The number of ether oxygens (including phenoxy) is 1. The first-order valence-electron chi connectivity index (χ1n) is 5.85. The first-order chi connectivity index (χ1) is 9.03. The Morgan fingerprint density at radius 1 is 1.53 bits per heavy atom. The topological polar surface area (TPSA) is 78.8 Å². The lowest BCUT2D eigenvalue weighted by Gasteiger charge is -2.23. The van der Waals surface area contributed by atoms with Crippen LogP contribution in [0.25, 0.3) is 0 Å². The van der Waals surface area contributed by atoms with Crippen molar-refractivity contribution in [2.45, 2.75) is 18.2 Å². The van der Waals surface area contributed by atoms with Crippen LogP contribution >= 0.6 is 11.8 Å². The molecule has 0 fully saturated rings. The number of nitrogens with one attached hydrogen (secondary N) is 1. The van der Waals surface area contributed by atoms with Crippen molar-refractivity contribution in [1.29, 1.82) is 0 Å². The van der Waals surface area contributed by atoms with Crippen molar-refractivity contribution in [1.82, 2.24) is 0 Å². The van der Waals surface area contributed by atoms with E-state index in [0.29, 0.717) is 11.4 Å². The van der Waals surface area contributed by atoms with Crippen molar-refractivity contribution in [3.05, 3.63) is 23.8 Å². The highest BCUT2D eigenvalue weighted by molar-refractivity contribution is 7.99. The van der Waals surface area contributed by atoms with Crippen molar-refractivity contribution < 1.29 is 19.7 Å². The minimum absolute atomic E-state index is 0.00662. The van der Waals surface area contributed by atoms with Gasteiger partial charge in [0.15, 0.2) is 0 Å². The molecule has 1 rings (SSSR count). The predicted octanol–water partition coefficient (Wildman–Crippen LogP) is 1.92. The molecule has 1 aromatic rings. The van der Waals surface area contributed by atoms with Crippen LogP contribution in [-0.2, 0) is 0 Å². The highest BCUT2D eigenvalue weighted by Gasteiger charge is 2.18. The molecule has 0 saturated carbocycles. The Morgan fingerprint density at radius 2 is 2.21 bits per heavy atom. The highest BCUT2D eigenvalue weighted by atomic mass is 32.2. The van der Waals surface area contributed by atoms with Crippen LogP contribution in [0.5, 0.6) is 5.75 Å². The maximum atomic E-state index is 11.2. The summed E-state index contributed by atoms with van der Waals surface area (Å²) in [7, 11) is 1.53. The number of aliphatic hydroxyl groups excluding tert-OH is 1. The fourth-order valence-corrected chi connectivity index (χ4v) is 2.36. The van der Waals surface area contributed by atoms with Crippen LogP contribution in [0, 0.1) is 0 Å². The van der Waals surface area contributed by atoms with E-state index in [1.54, 1.807) is 12.1 Å². The van der Waals surface area contributed by atoms with Crippen LogP contribution < -0.4 is 10.1 Å². The number of hydrogen-bond acceptors (Lipinski definition) is 5. The number of aliphatic hydroxyl groups is 1. The van der Waals surface area contributed by atoms with E-state index in [2.05, 4.69) is 5.32 Å². The lowest BCUT2D eigenvalue weighted by atomic mass is 10.1. The molecule has 0 aliphatic rings. The number of rotatable bonds is 7. The van der Waals surface area contributed by atoms with E-state index >= 15 is 0 Å². The van der Waals surface area contributed by atoms with E-state index in [1.807, 2.05) is 13.2 Å². The Hall–Kier alpha value is -1.40. The predicted molar refractivity (Wildman–Crippen MR) is 77.4 cm³/mol. The summed E-state index contributed by atoms with van der Waals surface area (Å²) in [5.74, 6) is -0.411. The molecule has 0 radical (unpaired) electrons. The Labute approximate surface area is 117 Å². The second-order valence-electron chi connectivity index (χ2n) is 4.11. The van der Waals surface area contributed by atoms with E-state index in [0.717, 1.165) is 0 Å². The van der Waals surface area contributed by atoms with Gasteiger partial charge in [-0.3, -0.25) is 0 Å². The van der Waals surface area contributed by atoms with Crippen LogP contribution in [-0.4, -0.2) is 47.4 Å². The number of methoxy groups -OCH3 is 1. The summed E-state index contributed by atoms with van der Waals surface area (Å²) in [4.78, 5) is 11.2. The zero-order valence-corrected chi connectivity index (χ0v) is 12.0. The standard InChI is InChI=1S/C13H19NO4S/c1-8(12(7-15)19-3)14-11-6-9(18-2)4-5-10(11)13(16)17/h4-6,8,12,14-15H,7H2,1-3H3,(H,16,17). The van der Waals surface area contributed by atoms with Crippen molar-refractivity contribution in [2.24, 2.45) is 0 Å². The maximum Gasteiger partial charge on any atom is 0.337 e. The molecule has 0 aromatic heterocycles. The lowest BCUT2D eigenvalue weighted by molar-refractivity contribution is 0.0698. The van der Waals surface area contributed by atoms with E-state index in [9.17, 15) is 9.90 Å². The van der Waals surface area contributed by atoms with Crippen molar-refractivity contribution in [3.8, 4) is 5.75 Å². The fraction of sp³-hybridized carbons (Fsp3) is 0.462. The van der Waals surface area contributed by atoms with Crippen molar-refractivity contribution in [3.63, 3.8) is 0 Å².